The predicted octanol–water partition coefficient (Wildman–Crippen LogP) is 0.395. The molecule has 82 valence electrons. The number of hydrogen-bond donors (Lipinski definition) is 1. The van der Waals surface area contributed by atoms with E-state index in [1.165, 1.54) is 32.4 Å². The third-order valence-corrected chi connectivity index (χ3v) is 3.83. The molecule has 0 unspecified atom stereocenters. The van der Waals surface area contributed by atoms with Gasteiger partial charge in [-0.2, -0.15) is 0 Å². The quantitative estimate of drug-likeness (QED) is 0.708. The van der Waals surface area contributed by atoms with Gasteiger partial charge in [-0.3, -0.25) is 0 Å². The molecule has 0 bridgehead atoms. The molecule has 2 aliphatic rings. The topological polar surface area (TPSA) is 26.7 Å². The SMILES string of the molecule is CN(C)[C@H]1CCN(CC2(CO)CC2)C1. The molecule has 3 nitrogen and oxygen atoms in total. The second-order valence-corrected chi connectivity index (χ2v) is 5.30. The van der Waals surface area contributed by atoms with E-state index in [0.717, 1.165) is 12.6 Å². The van der Waals surface area contributed by atoms with Crippen LogP contribution in [0.15, 0.2) is 0 Å². The molecule has 2 fully saturated rings. The van der Waals surface area contributed by atoms with Crippen LogP contribution in [0.5, 0.6) is 0 Å². The first-order valence-corrected chi connectivity index (χ1v) is 5.65. The second-order valence-electron chi connectivity index (χ2n) is 5.30. The van der Waals surface area contributed by atoms with Gasteiger partial charge in [0.1, 0.15) is 0 Å². The van der Waals surface area contributed by atoms with E-state index in [9.17, 15) is 5.11 Å². The maximum absolute atomic E-state index is 9.25. The van der Waals surface area contributed by atoms with Crippen molar-refractivity contribution in [3.63, 3.8) is 0 Å². The van der Waals surface area contributed by atoms with Gasteiger partial charge in [0.2, 0.25) is 0 Å². The largest absolute Gasteiger partial charge is 0.396 e. The zero-order valence-electron chi connectivity index (χ0n) is 9.37. The average Bonchev–Trinajstić information content (AvgIpc) is 2.75. The Balaban J connectivity index is 1.79. The highest BCUT2D eigenvalue weighted by molar-refractivity contribution is 4.96. The van der Waals surface area contributed by atoms with Crippen molar-refractivity contribution < 1.29 is 5.11 Å². The Kier molecular flexibility index (Phi) is 2.82. The van der Waals surface area contributed by atoms with Gasteiger partial charge < -0.3 is 14.9 Å². The van der Waals surface area contributed by atoms with E-state index in [-0.39, 0.29) is 0 Å². The van der Waals surface area contributed by atoms with Gasteiger partial charge in [-0.15, -0.1) is 0 Å². The van der Waals surface area contributed by atoms with Crippen LogP contribution >= 0.6 is 0 Å². The van der Waals surface area contributed by atoms with Gasteiger partial charge in [-0.05, 0) is 39.9 Å². The Hall–Kier alpha value is -0.120. The molecule has 1 heterocycles. The van der Waals surface area contributed by atoms with Crippen LogP contribution in [0.2, 0.25) is 0 Å². The van der Waals surface area contributed by atoms with E-state index >= 15 is 0 Å². The lowest BCUT2D eigenvalue weighted by Gasteiger charge is -2.23. The zero-order valence-corrected chi connectivity index (χ0v) is 9.37. The third-order valence-electron chi connectivity index (χ3n) is 3.83. The number of aliphatic hydroxyl groups is 1. The molecule has 14 heavy (non-hydrogen) atoms. The highest BCUT2D eigenvalue weighted by Gasteiger charge is 2.44. The molecule has 0 aromatic rings. The fourth-order valence-corrected chi connectivity index (χ4v) is 2.39. The van der Waals surface area contributed by atoms with Crippen LogP contribution in [0, 0.1) is 5.41 Å². The number of nitrogens with zero attached hydrogens (tertiary/aromatic N) is 2. The number of likely N-dealkylation sites (tertiary alicyclic amines) is 1. The number of rotatable bonds is 4. The monoisotopic (exact) mass is 198 g/mol. The smallest absolute Gasteiger partial charge is 0.0499 e. The van der Waals surface area contributed by atoms with Crippen molar-refractivity contribution in [2.24, 2.45) is 5.41 Å². The molecule has 0 amide bonds. The molecular formula is C11H22N2O. The minimum Gasteiger partial charge on any atom is -0.396 e. The number of hydrogen-bond acceptors (Lipinski definition) is 3. The highest BCUT2D eigenvalue weighted by atomic mass is 16.3. The zero-order chi connectivity index (χ0) is 10.2. The predicted molar refractivity (Wildman–Crippen MR) is 57.3 cm³/mol. The molecule has 0 radical (unpaired) electrons. The van der Waals surface area contributed by atoms with E-state index in [0.29, 0.717) is 12.0 Å². The van der Waals surface area contributed by atoms with E-state index in [1.807, 2.05) is 0 Å². The van der Waals surface area contributed by atoms with Crippen LogP contribution in [0.4, 0.5) is 0 Å². The van der Waals surface area contributed by atoms with Crippen molar-refractivity contribution >= 4 is 0 Å². The third kappa shape index (κ3) is 2.10. The summed E-state index contributed by atoms with van der Waals surface area (Å²) in [5.74, 6) is 0. The molecule has 1 aliphatic heterocycles. The maximum Gasteiger partial charge on any atom is 0.0499 e. The van der Waals surface area contributed by atoms with Gasteiger partial charge in [0.05, 0.1) is 0 Å². The Morgan fingerprint density at radius 2 is 2.14 bits per heavy atom. The van der Waals surface area contributed by atoms with E-state index in [4.69, 9.17) is 0 Å². The van der Waals surface area contributed by atoms with Gasteiger partial charge >= 0.3 is 0 Å². The van der Waals surface area contributed by atoms with Crippen molar-refractivity contribution in [3.8, 4) is 0 Å². The fraction of sp³-hybridized carbons (Fsp3) is 1.00. The molecule has 1 N–H and O–H groups in total. The van der Waals surface area contributed by atoms with Crippen LogP contribution in [0.3, 0.4) is 0 Å². The Labute approximate surface area is 86.7 Å². The molecule has 0 aromatic heterocycles. The summed E-state index contributed by atoms with van der Waals surface area (Å²) in [6.45, 7) is 3.91. The average molecular weight is 198 g/mol. The molecule has 2 rings (SSSR count). The molecule has 1 aliphatic carbocycles. The summed E-state index contributed by atoms with van der Waals surface area (Å²) < 4.78 is 0. The van der Waals surface area contributed by atoms with Gasteiger partial charge in [0, 0.05) is 31.2 Å². The normalized spacial score (nSPS) is 31.3. The summed E-state index contributed by atoms with van der Waals surface area (Å²) in [5, 5.41) is 9.25. The molecule has 0 aromatic carbocycles. The Morgan fingerprint density at radius 1 is 1.43 bits per heavy atom. The van der Waals surface area contributed by atoms with Crippen molar-refractivity contribution in [1.29, 1.82) is 0 Å². The molecular weight excluding hydrogens is 176 g/mol. The summed E-state index contributed by atoms with van der Waals surface area (Å²) in [6.07, 6.45) is 3.74. The van der Waals surface area contributed by atoms with Crippen LogP contribution in [-0.2, 0) is 0 Å². The van der Waals surface area contributed by atoms with Gasteiger partial charge in [-0.25, -0.2) is 0 Å². The Bertz CT molecular complexity index is 201. The lowest BCUT2D eigenvalue weighted by atomic mass is 10.1. The number of aliphatic hydroxyl groups excluding tert-OH is 1. The van der Waals surface area contributed by atoms with E-state index < -0.39 is 0 Å². The summed E-state index contributed by atoms with van der Waals surface area (Å²) in [4.78, 5) is 4.84. The fourth-order valence-electron chi connectivity index (χ4n) is 2.39. The molecule has 3 heteroatoms. The summed E-state index contributed by atoms with van der Waals surface area (Å²) >= 11 is 0. The second kappa shape index (κ2) is 3.80. The van der Waals surface area contributed by atoms with Gasteiger partial charge in [-0.1, -0.05) is 0 Å². The van der Waals surface area contributed by atoms with Crippen molar-refractivity contribution in [2.75, 3.05) is 40.3 Å². The van der Waals surface area contributed by atoms with Crippen LogP contribution < -0.4 is 0 Å². The number of likely N-dealkylation sites (N-methyl/N-ethyl adjacent to an activating group) is 1. The van der Waals surface area contributed by atoms with E-state index in [2.05, 4.69) is 23.9 Å². The summed E-state index contributed by atoms with van der Waals surface area (Å²) in [6, 6.07) is 0.726. The van der Waals surface area contributed by atoms with Crippen LogP contribution in [0.25, 0.3) is 0 Å². The maximum atomic E-state index is 9.25. The minimum atomic E-state index is 0.293. The minimum absolute atomic E-state index is 0.293. The van der Waals surface area contributed by atoms with E-state index in [1.54, 1.807) is 0 Å². The molecule has 1 saturated carbocycles. The van der Waals surface area contributed by atoms with Gasteiger partial charge in [0.15, 0.2) is 0 Å². The molecule has 1 atom stereocenters. The molecule has 1 saturated heterocycles. The molecule has 0 spiro atoms. The summed E-state index contributed by atoms with van der Waals surface area (Å²) in [7, 11) is 4.32. The highest BCUT2D eigenvalue weighted by Crippen LogP contribution is 2.46. The standard InChI is InChI=1S/C11H22N2O/c1-12(2)10-3-6-13(7-10)8-11(9-14)4-5-11/h10,14H,3-9H2,1-2H3/t10-/m0/s1. The first kappa shape index (κ1) is 10.4. The van der Waals surface area contributed by atoms with Crippen molar-refractivity contribution in [3.05, 3.63) is 0 Å². The lowest BCUT2D eigenvalue weighted by Crippen LogP contribution is -2.34. The van der Waals surface area contributed by atoms with Crippen molar-refractivity contribution in [1.82, 2.24) is 9.80 Å². The lowest BCUT2D eigenvalue weighted by molar-refractivity contribution is 0.158. The van der Waals surface area contributed by atoms with Crippen molar-refractivity contribution in [2.45, 2.75) is 25.3 Å². The van der Waals surface area contributed by atoms with Crippen LogP contribution in [-0.4, -0.2) is 61.3 Å². The summed E-state index contributed by atoms with van der Waals surface area (Å²) in [5.41, 5.74) is 0.293. The first-order chi connectivity index (χ1) is 6.65. The van der Waals surface area contributed by atoms with Crippen LogP contribution in [0.1, 0.15) is 19.3 Å². The first-order valence-electron chi connectivity index (χ1n) is 5.65. The van der Waals surface area contributed by atoms with Gasteiger partial charge in [0.25, 0.3) is 0 Å². The Morgan fingerprint density at radius 3 is 2.57 bits per heavy atom.